The molecular weight excluding hydrogens is 228 g/mol. The molecule has 0 saturated heterocycles. The first-order valence-corrected chi connectivity index (χ1v) is 6.23. The van der Waals surface area contributed by atoms with Gasteiger partial charge in [0.25, 0.3) is 0 Å². The van der Waals surface area contributed by atoms with Crippen molar-refractivity contribution in [1.82, 2.24) is 5.32 Å². The molecule has 1 rings (SSSR count). The molecule has 1 unspecified atom stereocenters. The number of carbonyl (C=O) groups excluding carboxylic acids is 1. The highest BCUT2D eigenvalue weighted by Crippen LogP contribution is 2.11. The zero-order valence-corrected chi connectivity index (χ0v) is 11.1. The van der Waals surface area contributed by atoms with Crippen LogP contribution in [0.15, 0.2) is 24.3 Å². The van der Waals surface area contributed by atoms with Crippen LogP contribution in [0.25, 0.3) is 0 Å². The van der Waals surface area contributed by atoms with Gasteiger partial charge < -0.3 is 16.2 Å². The van der Waals surface area contributed by atoms with Crippen molar-refractivity contribution in [2.24, 2.45) is 5.73 Å². The number of hydrogen-bond acceptors (Lipinski definition) is 3. The van der Waals surface area contributed by atoms with E-state index in [9.17, 15) is 9.90 Å². The first-order valence-electron chi connectivity index (χ1n) is 6.23. The molecular formula is C14H22N2O2. The van der Waals surface area contributed by atoms with E-state index in [0.717, 1.165) is 11.1 Å². The van der Waals surface area contributed by atoms with Crippen molar-refractivity contribution in [2.75, 3.05) is 6.61 Å². The second-order valence-electron chi connectivity index (χ2n) is 4.77. The summed E-state index contributed by atoms with van der Waals surface area (Å²) in [6, 6.07) is 7.64. The Morgan fingerprint density at radius 1 is 1.39 bits per heavy atom. The fraction of sp³-hybridized carbons (Fsp3) is 0.500. The first kappa shape index (κ1) is 14.7. The predicted molar refractivity (Wildman–Crippen MR) is 72.0 cm³/mol. The lowest BCUT2D eigenvalue weighted by Gasteiger charge is -2.27. The van der Waals surface area contributed by atoms with Gasteiger partial charge in [0.15, 0.2) is 0 Å². The van der Waals surface area contributed by atoms with Gasteiger partial charge in [0.1, 0.15) is 0 Å². The average Bonchev–Trinajstić information content (AvgIpc) is 2.39. The van der Waals surface area contributed by atoms with E-state index in [0.29, 0.717) is 19.4 Å². The monoisotopic (exact) mass is 250 g/mol. The SMILES string of the molecule is CCC(C)(CO)NC(=O)Cc1ccccc1CN. The van der Waals surface area contributed by atoms with Gasteiger partial charge in [0.05, 0.1) is 18.6 Å². The Morgan fingerprint density at radius 3 is 2.50 bits per heavy atom. The van der Waals surface area contributed by atoms with E-state index in [-0.39, 0.29) is 12.5 Å². The van der Waals surface area contributed by atoms with Crippen LogP contribution >= 0.6 is 0 Å². The second-order valence-corrected chi connectivity index (χ2v) is 4.77. The summed E-state index contributed by atoms with van der Waals surface area (Å²) in [6.45, 7) is 4.13. The van der Waals surface area contributed by atoms with Crippen LogP contribution in [0.1, 0.15) is 31.4 Å². The van der Waals surface area contributed by atoms with Crippen LogP contribution in [0.4, 0.5) is 0 Å². The smallest absolute Gasteiger partial charge is 0.224 e. The van der Waals surface area contributed by atoms with E-state index in [1.807, 2.05) is 38.1 Å². The van der Waals surface area contributed by atoms with Crippen molar-refractivity contribution in [2.45, 2.75) is 38.8 Å². The molecule has 4 nitrogen and oxygen atoms in total. The number of carbonyl (C=O) groups is 1. The third kappa shape index (κ3) is 3.82. The van der Waals surface area contributed by atoms with Crippen LogP contribution in [-0.2, 0) is 17.8 Å². The van der Waals surface area contributed by atoms with Gasteiger partial charge in [0.2, 0.25) is 5.91 Å². The lowest BCUT2D eigenvalue weighted by Crippen LogP contribution is -2.49. The van der Waals surface area contributed by atoms with Gasteiger partial charge in [-0.05, 0) is 24.5 Å². The summed E-state index contributed by atoms with van der Waals surface area (Å²) in [4.78, 5) is 12.0. The second kappa shape index (κ2) is 6.52. The molecule has 0 radical (unpaired) electrons. The fourth-order valence-corrected chi connectivity index (χ4v) is 1.72. The maximum absolute atomic E-state index is 12.0. The van der Waals surface area contributed by atoms with Gasteiger partial charge in [-0.3, -0.25) is 4.79 Å². The summed E-state index contributed by atoms with van der Waals surface area (Å²) in [5, 5.41) is 12.1. The molecule has 0 aliphatic carbocycles. The highest BCUT2D eigenvalue weighted by molar-refractivity contribution is 5.79. The summed E-state index contributed by atoms with van der Waals surface area (Å²) in [5.74, 6) is -0.0886. The number of hydrogen-bond donors (Lipinski definition) is 3. The normalized spacial score (nSPS) is 14.0. The molecule has 0 bridgehead atoms. The first-order chi connectivity index (χ1) is 8.54. The van der Waals surface area contributed by atoms with E-state index >= 15 is 0 Å². The highest BCUT2D eigenvalue weighted by Gasteiger charge is 2.23. The van der Waals surface area contributed by atoms with Crippen molar-refractivity contribution in [3.8, 4) is 0 Å². The van der Waals surface area contributed by atoms with E-state index in [4.69, 9.17) is 5.73 Å². The van der Waals surface area contributed by atoms with Crippen molar-refractivity contribution >= 4 is 5.91 Å². The molecule has 0 heterocycles. The molecule has 0 aromatic heterocycles. The Bertz CT molecular complexity index is 401. The van der Waals surface area contributed by atoms with Crippen molar-refractivity contribution < 1.29 is 9.90 Å². The van der Waals surface area contributed by atoms with Crippen LogP contribution in [0.3, 0.4) is 0 Å². The number of amides is 1. The van der Waals surface area contributed by atoms with Gasteiger partial charge in [0, 0.05) is 6.54 Å². The molecule has 1 amide bonds. The zero-order valence-electron chi connectivity index (χ0n) is 11.1. The summed E-state index contributed by atoms with van der Waals surface area (Å²) in [7, 11) is 0. The predicted octanol–water partition coefficient (Wildman–Crippen LogP) is 0.965. The van der Waals surface area contributed by atoms with Gasteiger partial charge in [-0.25, -0.2) is 0 Å². The Kier molecular flexibility index (Phi) is 5.31. The van der Waals surface area contributed by atoms with E-state index in [1.165, 1.54) is 0 Å². The van der Waals surface area contributed by atoms with Crippen molar-refractivity contribution in [3.05, 3.63) is 35.4 Å². The summed E-state index contributed by atoms with van der Waals surface area (Å²) < 4.78 is 0. The van der Waals surface area contributed by atoms with Gasteiger partial charge in [-0.15, -0.1) is 0 Å². The van der Waals surface area contributed by atoms with E-state index in [2.05, 4.69) is 5.32 Å². The van der Waals surface area contributed by atoms with Gasteiger partial charge in [-0.2, -0.15) is 0 Å². The minimum absolute atomic E-state index is 0.0617. The topological polar surface area (TPSA) is 75.3 Å². The molecule has 0 aliphatic rings. The molecule has 0 spiro atoms. The maximum Gasteiger partial charge on any atom is 0.224 e. The molecule has 0 fully saturated rings. The number of rotatable bonds is 6. The highest BCUT2D eigenvalue weighted by atomic mass is 16.3. The average molecular weight is 250 g/mol. The van der Waals surface area contributed by atoms with Gasteiger partial charge >= 0.3 is 0 Å². The molecule has 0 aliphatic heterocycles. The number of aliphatic hydroxyl groups is 1. The van der Waals surface area contributed by atoms with Crippen molar-refractivity contribution in [3.63, 3.8) is 0 Å². The van der Waals surface area contributed by atoms with E-state index in [1.54, 1.807) is 0 Å². The molecule has 4 heteroatoms. The summed E-state index contributed by atoms with van der Waals surface area (Å²) in [5.41, 5.74) is 7.01. The molecule has 100 valence electrons. The number of aliphatic hydroxyl groups excluding tert-OH is 1. The summed E-state index contributed by atoms with van der Waals surface area (Å²) >= 11 is 0. The molecule has 0 saturated carbocycles. The molecule has 18 heavy (non-hydrogen) atoms. The Labute approximate surface area is 108 Å². The fourth-order valence-electron chi connectivity index (χ4n) is 1.72. The number of benzene rings is 1. The molecule has 1 aromatic rings. The number of nitrogens with one attached hydrogen (secondary N) is 1. The third-order valence-electron chi connectivity index (χ3n) is 3.26. The maximum atomic E-state index is 12.0. The minimum atomic E-state index is -0.547. The third-order valence-corrected chi connectivity index (χ3v) is 3.26. The lowest BCUT2D eigenvalue weighted by molar-refractivity contribution is -0.122. The zero-order chi connectivity index (χ0) is 13.6. The van der Waals surface area contributed by atoms with E-state index < -0.39 is 5.54 Å². The van der Waals surface area contributed by atoms with Crippen LogP contribution in [0.2, 0.25) is 0 Å². The lowest BCUT2D eigenvalue weighted by atomic mass is 9.98. The number of nitrogens with two attached hydrogens (primary N) is 1. The van der Waals surface area contributed by atoms with Gasteiger partial charge in [-0.1, -0.05) is 31.2 Å². The Hall–Kier alpha value is -1.39. The minimum Gasteiger partial charge on any atom is -0.394 e. The largest absolute Gasteiger partial charge is 0.394 e. The molecule has 1 aromatic carbocycles. The van der Waals surface area contributed by atoms with Crippen LogP contribution in [0, 0.1) is 0 Å². The van der Waals surface area contributed by atoms with Crippen molar-refractivity contribution in [1.29, 1.82) is 0 Å². The Balaban J connectivity index is 2.70. The summed E-state index contributed by atoms with van der Waals surface area (Å²) in [6.07, 6.45) is 0.983. The van der Waals surface area contributed by atoms with Crippen LogP contribution in [-0.4, -0.2) is 23.2 Å². The standard InChI is InChI=1S/C14H22N2O2/c1-3-14(2,10-17)16-13(18)8-11-6-4-5-7-12(11)9-15/h4-7,17H,3,8-10,15H2,1-2H3,(H,16,18). The van der Waals surface area contributed by atoms with Crippen LogP contribution < -0.4 is 11.1 Å². The Morgan fingerprint density at radius 2 is 2.00 bits per heavy atom. The van der Waals surface area contributed by atoms with Crippen LogP contribution in [0.5, 0.6) is 0 Å². The molecule has 4 N–H and O–H groups in total. The molecule has 1 atom stereocenters. The quantitative estimate of drug-likeness (QED) is 0.704.